The van der Waals surface area contributed by atoms with Crippen LogP contribution in [-0.2, 0) is 16.8 Å². The van der Waals surface area contributed by atoms with Crippen LogP contribution in [-0.4, -0.2) is 39.6 Å². The van der Waals surface area contributed by atoms with E-state index in [1.807, 2.05) is 41.6 Å². The van der Waals surface area contributed by atoms with Gasteiger partial charge in [0.05, 0.1) is 23.9 Å². The second kappa shape index (κ2) is 7.40. The van der Waals surface area contributed by atoms with E-state index in [2.05, 4.69) is 30.3 Å². The summed E-state index contributed by atoms with van der Waals surface area (Å²) in [6.45, 7) is 8.27. The largest absolute Gasteiger partial charge is 0.376 e. The van der Waals surface area contributed by atoms with E-state index in [1.165, 1.54) is 0 Å². The van der Waals surface area contributed by atoms with Gasteiger partial charge in [-0.1, -0.05) is 6.07 Å². The van der Waals surface area contributed by atoms with Crippen LogP contribution >= 0.6 is 0 Å². The van der Waals surface area contributed by atoms with Crippen LogP contribution in [0.1, 0.15) is 49.7 Å². The van der Waals surface area contributed by atoms with E-state index in [0.717, 1.165) is 25.1 Å². The van der Waals surface area contributed by atoms with Gasteiger partial charge in [0.15, 0.2) is 0 Å². The van der Waals surface area contributed by atoms with E-state index < -0.39 is 0 Å². The number of hydrogen-bond acceptors (Lipinski definition) is 3. The molecule has 0 N–H and O–H groups in total. The summed E-state index contributed by atoms with van der Waals surface area (Å²) in [6.07, 6.45) is 7.87. The molecule has 1 amide bonds. The van der Waals surface area contributed by atoms with Crippen molar-refractivity contribution in [2.24, 2.45) is 0 Å². The van der Waals surface area contributed by atoms with Crippen molar-refractivity contribution in [3.05, 3.63) is 54.1 Å². The van der Waals surface area contributed by atoms with Gasteiger partial charge < -0.3 is 14.2 Å². The lowest BCUT2D eigenvalue weighted by atomic mass is 10.1. The number of ether oxygens (including phenoxy) is 1. The highest BCUT2D eigenvalue weighted by atomic mass is 16.5. The van der Waals surface area contributed by atoms with Gasteiger partial charge in [-0.15, -0.1) is 0 Å². The molecule has 2 aromatic heterocycles. The van der Waals surface area contributed by atoms with E-state index in [-0.39, 0.29) is 17.6 Å². The Balaban J connectivity index is 1.79. The molecule has 5 nitrogen and oxygen atoms in total. The topological polar surface area (TPSA) is 47.4 Å². The predicted molar refractivity (Wildman–Crippen MR) is 97.4 cm³/mol. The Labute approximate surface area is 149 Å². The summed E-state index contributed by atoms with van der Waals surface area (Å²) in [4.78, 5) is 19.3. The van der Waals surface area contributed by atoms with E-state index in [4.69, 9.17) is 4.74 Å². The molecule has 1 fully saturated rings. The number of rotatable bonds is 5. The van der Waals surface area contributed by atoms with Gasteiger partial charge in [0.2, 0.25) is 0 Å². The zero-order valence-electron chi connectivity index (χ0n) is 15.3. The van der Waals surface area contributed by atoms with Crippen LogP contribution in [0.2, 0.25) is 0 Å². The maximum absolute atomic E-state index is 13.1. The summed E-state index contributed by atoms with van der Waals surface area (Å²) in [5.74, 6) is 0.0316. The average molecular weight is 341 g/mol. The first-order valence-corrected chi connectivity index (χ1v) is 8.93. The van der Waals surface area contributed by atoms with Crippen LogP contribution in [0.4, 0.5) is 0 Å². The second-order valence-corrected chi connectivity index (χ2v) is 7.62. The summed E-state index contributed by atoms with van der Waals surface area (Å²) in [7, 11) is 0. The van der Waals surface area contributed by atoms with Crippen molar-refractivity contribution in [3.63, 3.8) is 0 Å². The van der Waals surface area contributed by atoms with E-state index in [0.29, 0.717) is 18.7 Å². The number of pyridine rings is 1. The smallest absolute Gasteiger partial charge is 0.255 e. The molecular formula is C20H27N3O2. The summed E-state index contributed by atoms with van der Waals surface area (Å²) in [5, 5.41) is 0. The van der Waals surface area contributed by atoms with Crippen LogP contribution in [0.15, 0.2) is 42.9 Å². The average Bonchev–Trinajstić information content (AvgIpc) is 3.26. The van der Waals surface area contributed by atoms with Gasteiger partial charge in [-0.05, 0) is 51.8 Å². The Morgan fingerprint density at radius 3 is 2.80 bits per heavy atom. The molecule has 0 saturated carbocycles. The molecule has 0 aliphatic carbocycles. The van der Waals surface area contributed by atoms with Gasteiger partial charge in [-0.3, -0.25) is 9.78 Å². The molecule has 3 rings (SSSR count). The van der Waals surface area contributed by atoms with Crippen LogP contribution in [0, 0.1) is 0 Å². The Hall–Kier alpha value is -2.14. The molecule has 0 aromatic carbocycles. The van der Waals surface area contributed by atoms with Crippen molar-refractivity contribution in [1.29, 1.82) is 0 Å². The predicted octanol–water partition coefficient (Wildman–Crippen LogP) is 3.46. The Morgan fingerprint density at radius 2 is 2.20 bits per heavy atom. The molecule has 2 aromatic rings. The lowest BCUT2D eigenvalue weighted by molar-refractivity contribution is 0.0504. The third kappa shape index (κ3) is 4.48. The standard InChI is InChI=1S/C20H27N3O2/c1-20(2,3)23-11-9-16(13-23)19(24)22(15-18-8-6-12-25-18)14-17-7-4-5-10-21-17/h4-5,7,9-11,13,18H,6,8,12,14-15H2,1-3H3/t18-/m1/s1. The third-order valence-corrected chi connectivity index (χ3v) is 4.53. The van der Waals surface area contributed by atoms with Crippen LogP contribution in [0.5, 0.6) is 0 Å². The van der Waals surface area contributed by atoms with Crippen LogP contribution < -0.4 is 0 Å². The molecule has 1 aliphatic heterocycles. The Bertz CT molecular complexity index is 697. The van der Waals surface area contributed by atoms with Gasteiger partial charge in [-0.2, -0.15) is 0 Å². The summed E-state index contributed by atoms with van der Waals surface area (Å²) in [5.41, 5.74) is 1.56. The molecule has 0 bridgehead atoms. The number of carbonyl (C=O) groups is 1. The number of aromatic nitrogens is 2. The van der Waals surface area contributed by atoms with Crippen molar-refractivity contribution < 1.29 is 9.53 Å². The minimum atomic E-state index is -0.0427. The first-order chi connectivity index (χ1) is 11.9. The number of amides is 1. The number of carbonyl (C=O) groups excluding carboxylic acids is 1. The highest BCUT2D eigenvalue weighted by molar-refractivity contribution is 5.94. The summed E-state index contributed by atoms with van der Waals surface area (Å²) < 4.78 is 7.82. The quantitative estimate of drug-likeness (QED) is 0.837. The zero-order valence-corrected chi connectivity index (χ0v) is 15.3. The fraction of sp³-hybridized carbons (Fsp3) is 0.500. The SMILES string of the molecule is CC(C)(C)n1ccc(C(=O)N(Cc2ccccn2)C[C@H]2CCCO2)c1. The van der Waals surface area contributed by atoms with Gasteiger partial charge in [0.25, 0.3) is 5.91 Å². The number of nitrogens with zero attached hydrogens (tertiary/aromatic N) is 3. The normalized spacial score (nSPS) is 17.6. The van der Waals surface area contributed by atoms with Crippen LogP contribution in [0.25, 0.3) is 0 Å². The first-order valence-electron chi connectivity index (χ1n) is 8.93. The fourth-order valence-corrected chi connectivity index (χ4v) is 3.06. The van der Waals surface area contributed by atoms with Gasteiger partial charge in [0.1, 0.15) is 0 Å². The molecule has 1 saturated heterocycles. The minimum Gasteiger partial charge on any atom is -0.376 e. The summed E-state index contributed by atoms with van der Waals surface area (Å²) in [6, 6.07) is 7.69. The number of hydrogen-bond donors (Lipinski definition) is 0. The van der Waals surface area contributed by atoms with Crippen molar-refractivity contribution in [1.82, 2.24) is 14.5 Å². The molecule has 134 valence electrons. The fourth-order valence-electron chi connectivity index (χ4n) is 3.06. The lowest BCUT2D eigenvalue weighted by Crippen LogP contribution is -2.37. The van der Waals surface area contributed by atoms with Crippen molar-refractivity contribution in [3.8, 4) is 0 Å². The highest BCUT2D eigenvalue weighted by Crippen LogP contribution is 2.19. The zero-order chi connectivity index (χ0) is 17.9. The van der Waals surface area contributed by atoms with E-state index in [9.17, 15) is 4.79 Å². The minimum absolute atomic E-state index is 0.0316. The Kier molecular flexibility index (Phi) is 5.23. The molecule has 3 heterocycles. The lowest BCUT2D eigenvalue weighted by Gasteiger charge is -2.25. The molecular weight excluding hydrogens is 314 g/mol. The summed E-state index contributed by atoms with van der Waals surface area (Å²) >= 11 is 0. The Morgan fingerprint density at radius 1 is 1.36 bits per heavy atom. The molecule has 0 radical (unpaired) electrons. The molecule has 25 heavy (non-hydrogen) atoms. The maximum atomic E-state index is 13.1. The molecule has 5 heteroatoms. The van der Waals surface area contributed by atoms with E-state index >= 15 is 0 Å². The monoisotopic (exact) mass is 341 g/mol. The van der Waals surface area contributed by atoms with Crippen LogP contribution in [0.3, 0.4) is 0 Å². The van der Waals surface area contributed by atoms with Gasteiger partial charge in [-0.25, -0.2) is 0 Å². The maximum Gasteiger partial charge on any atom is 0.255 e. The second-order valence-electron chi connectivity index (χ2n) is 7.62. The van der Waals surface area contributed by atoms with E-state index in [1.54, 1.807) is 6.20 Å². The van der Waals surface area contributed by atoms with Crippen molar-refractivity contribution in [2.75, 3.05) is 13.2 Å². The first kappa shape index (κ1) is 17.7. The third-order valence-electron chi connectivity index (χ3n) is 4.53. The molecule has 1 aliphatic rings. The molecule has 1 atom stereocenters. The highest BCUT2D eigenvalue weighted by Gasteiger charge is 2.25. The van der Waals surface area contributed by atoms with Gasteiger partial charge >= 0.3 is 0 Å². The molecule has 0 unspecified atom stereocenters. The molecule has 0 spiro atoms. The van der Waals surface area contributed by atoms with Crippen molar-refractivity contribution in [2.45, 2.75) is 51.8 Å². The van der Waals surface area contributed by atoms with Gasteiger partial charge in [0, 0.05) is 37.3 Å². The van der Waals surface area contributed by atoms with Crippen molar-refractivity contribution >= 4 is 5.91 Å².